The van der Waals surface area contributed by atoms with Crippen molar-refractivity contribution in [1.82, 2.24) is 9.97 Å². The Morgan fingerprint density at radius 1 is 1.17 bits per heavy atom. The molecule has 120 valence electrons. The van der Waals surface area contributed by atoms with Crippen molar-refractivity contribution in [2.24, 2.45) is 0 Å². The van der Waals surface area contributed by atoms with Crippen molar-refractivity contribution in [3.8, 4) is 0 Å². The summed E-state index contributed by atoms with van der Waals surface area (Å²) in [5, 5.41) is 9.23. The molecule has 0 unspecified atom stereocenters. The molecule has 0 saturated heterocycles. The predicted molar refractivity (Wildman–Crippen MR) is 92.2 cm³/mol. The number of aromatic nitrogens is 2. The molecule has 1 aromatic heterocycles. The second-order valence-electron chi connectivity index (χ2n) is 5.69. The van der Waals surface area contributed by atoms with Crippen LogP contribution in [0.5, 0.6) is 0 Å². The number of rotatable bonds is 6. The number of carbonyl (C=O) groups is 1. The number of benzene rings is 1. The highest BCUT2D eigenvalue weighted by Crippen LogP contribution is 2.40. The first-order valence-electron chi connectivity index (χ1n) is 7.91. The largest absolute Gasteiger partial charge is 0.354 e. The highest BCUT2D eigenvalue weighted by molar-refractivity contribution is 5.88. The van der Waals surface area contributed by atoms with Gasteiger partial charge in [-0.25, -0.2) is 4.98 Å². The zero-order valence-electron chi connectivity index (χ0n) is 13.4. The first kappa shape index (κ1) is 15.3. The molecule has 3 N–H and O–H groups in total. The van der Waals surface area contributed by atoms with Gasteiger partial charge < -0.3 is 16.0 Å². The Kier molecular flexibility index (Phi) is 4.41. The SMILES string of the molecule is CCNc1nc(Nc2ccc(NC(C)=O)cc2)cc(C2CC2)n1. The van der Waals surface area contributed by atoms with Crippen LogP contribution in [0.4, 0.5) is 23.1 Å². The highest BCUT2D eigenvalue weighted by Gasteiger charge is 2.26. The molecule has 1 fully saturated rings. The average Bonchev–Trinajstić information content (AvgIpc) is 3.34. The molecule has 1 aliphatic carbocycles. The van der Waals surface area contributed by atoms with E-state index in [0.29, 0.717) is 11.9 Å². The molecule has 1 aliphatic rings. The van der Waals surface area contributed by atoms with Gasteiger partial charge in [0, 0.05) is 36.8 Å². The molecule has 0 spiro atoms. The molecule has 23 heavy (non-hydrogen) atoms. The number of carbonyl (C=O) groups excluding carboxylic acids is 1. The number of nitrogens with one attached hydrogen (secondary N) is 3. The third-order valence-electron chi connectivity index (χ3n) is 3.55. The monoisotopic (exact) mass is 311 g/mol. The standard InChI is InChI=1S/C17H21N5O/c1-3-18-17-21-15(12-4-5-12)10-16(22-17)20-14-8-6-13(7-9-14)19-11(2)23/h6-10,12H,3-5H2,1-2H3,(H,19,23)(H2,18,20,21,22). The molecular formula is C17H21N5O. The molecule has 1 heterocycles. The normalized spacial score (nSPS) is 13.5. The van der Waals surface area contributed by atoms with Gasteiger partial charge >= 0.3 is 0 Å². The van der Waals surface area contributed by atoms with Crippen LogP contribution in [0.3, 0.4) is 0 Å². The highest BCUT2D eigenvalue weighted by atomic mass is 16.1. The van der Waals surface area contributed by atoms with E-state index in [9.17, 15) is 4.79 Å². The molecule has 1 amide bonds. The zero-order chi connectivity index (χ0) is 16.2. The minimum absolute atomic E-state index is 0.0779. The van der Waals surface area contributed by atoms with Gasteiger partial charge in [0.1, 0.15) is 5.82 Å². The van der Waals surface area contributed by atoms with Crippen molar-refractivity contribution in [3.05, 3.63) is 36.0 Å². The van der Waals surface area contributed by atoms with Crippen molar-refractivity contribution in [2.45, 2.75) is 32.6 Å². The molecule has 2 aromatic rings. The number of hydrogen-bond donors (Lipinski definition) is 3. The van der Waals surface area contributed by atoms with Crippen LogP contribution in [0.25, 0.3) is 0 Å². The third-order valence-corrected chi connectivity index (χ3v) is 3.55. The second-order valence-corrected chi connectivity index (χ2v) is 5.69. The minimum atomic E-state index is -0.0779. The average molecular weight is 311 g/mol. The van der Waals surface area contributed by atoms with Gasteiger partial charge in [-0.2, -0.15) is 4.98 Å². The van der Waals surface area contributed by atoms with Crippen molar-refractivity contribution in [2.75, 3.05) is 22.5 Å². The summed E-state index contributed by atoms with van der Waals surface area (Å²) >= 11 is 0. The summed E-state index contributed by atoms with van der Waals surface area (Å²) in [6.07, 6.45) is 2.40. The molecule has 0 aliphatic heterocycles. The Labute approximate surface area is 135 Å². The lowest BCUT2D eigenvalue weighted by atomic mass is 10.2. The smallest absolute Gasteiger partial charge is 0.224 e. The van der Waals surface area contributed by atoms with Crippen LogP contribution in [0, 0.1) is 0 Å². The molecule has 3 rings (SSSR count). The number of hydrogen-bond acceptors (Lipinski definition) is 5. The Morgan fingerprint density at radius 3 is 2.48 bits per heavy atom. The van der Waals surface area contributed by atoms with Gasteiger partial charge in [0.15, 0.2) is 0 Å². The van der Waals surface area contributed by atoms with E-state index in [1.54, 1.807) is 0 Å². The summed E-state index contributed by atoms with van der Waals surface area (Å²) in [4.78, 5) is 20.1. The lowest BCUT2D eigenvalue weighted by Gasteiger charge is -2.11. The van der Waals surface area contributed by atoms with Crippen LogP contribution in [0.15, 0.2) is 30.3 Å². The van der Waals surface area contributed by atoms with Crippen LogP contribution >= 0.6 is 0 Å². The van der Waals surface area contributed by atoms with Crippen LogP contribution in [0.2, 0.25) is 0 Å². The Balaban J connectivity index is 1.77. The molecule has 1 saturated carbocycles. The van der Waals surface area contributed by atoms with E-state index in [-0.39, 0.29) is 5.91 Å². The summed E-state index contributed by atoms with van der Waals surface area (Å²) in [6.45, 7) is 4.31. The van der Waals surface area contributed by atoms with E-state index in [4.69, 9.17) is 0 Å². The number of nitrogens with zero attached hydrogens (tertiary/aromatic N) is 2. The fourth-order valence-electron chi connectivity index (χ4n) is 2.34. The van der Waals surface area contributed by atoms with Crippen molar-refractivity contribution >= 4 is 29.0 Å². The van der Waals surface area contributed by atoms with Gasteiger partial charge in [-0.05, 0) is 44.0 Å². The summed E-state index contributed by atoms with van der Waals surface area (Å²) < 4.78 is 0. The van der Waals surface area contributed by atoms with Gasteiger partial charge in [-0.1, -0.05) is 0 Å². The Bertz CT molecular complexity index is 695. The summed E-state index contributed by atoms with van der Waals surface area (Å²) in [7, 11) is 0. The lowest BCUT2D eigenvalue weighted by molar-refractivity contribution is -0.114. The van der Waals surface area contributed by atoms with Gasteiger partial charge in [0.25, 0.3) is 0 Å². The fourth-order valence-corrected chi connectivity index (χ4v) is 2.34. The Hall–Kier alpha value is -2.63. The van der Waals surface area contributed by atoms with E-state index < -0.39 is 0 Å². The maximum absolute atomic E-state index is 11.0. The van der Waals surface area contributed by atoms with Crippen molar-refractivity contribution in [1.29, 1.82) is 0 Å². The van der Waals surface area contributed by atoms with E-state index in [1.165, 1.54) is 19.8 Å². The van der Waals surface area contributed by atoms with Gasteiger partial charge in [-0.3, -0.25) is 4.79 Å². The first-order chi connectivity index (χ1) is 11.1. The van der Waals surface area contributed by atoms with Crippen LogP contribution in [-0.4, -0.2) is 22.4 Å². The molecule has 6 heteroatoms. The van der Waals surface area contributed by atoms with Gasteiger partial charge in [0.2, 0.25) is 11.9 Å². The van der Waals surface area contributed by atoms with Crippen LogP contribution in [-0.2, 0) is 4.79 Å². The topological polar surface area (TPSA) is 78.9 Å². The maximum atomic E-state index is 11.0. The first-order valence-corrected chi connectivity index (χ1v) is 7.91. The minimum Gasteiger partial charge on any atom is -0.354 e. The van der Waals surface area contributed by atoms with Gasteiger partial charge in [0.05, 0.1) is 5.69 Å². The van der Waals surface area contributed by atoms with Crippen molar-refractivity contribution in [3.63, 3.8) is 0 Å². The maximum Gasteiger partial charge on any atom is 0.224 e. The molecule has 0 bridgehead atoms. The molecule has 0 atom stereocenters. The third kappa shape index (κ3) is 4.18. The van der Waals surface area contributed by atoms with E-state index in [1.807, 2.05) is 37.3 Å². The summed E-state index contributed by atoms with van der Waals surface area (Å²) in [6, 6.07) is 9.56. The Morgan fingerprint density at radius 2 is 1.87 bits per heavy atom. The predicted octanol–water partition coefficient (Wildman–Crippen LogP) is 3.49. The summed E-state index contributed by atoms with van der Waals surface area (Å²) in [5.41, 5.74) is 2.79. The quantitative estimate of drug-likeness (QED) is 0.761. The molecular weight excluding hydrogens is 290 g/mol. The lowest BCUT2D eigenvalue weighted by Crippen LogP contribution is -2.07. The zero-order valence-corrected chi connectivity index (χ0v) is 13.4. The van der Waals surface area contributed by atoms with E-state index in [0.717, 1.165) is 29.4 Å². The van der Waals surface area contributed by atoms with Crippen LogP contribution < -0.4 is 16.0 Å². The second kappa shape index (κ2) is 6.64. The summed E-state index contributed by atoms with van der Waals surface area (Å²) in [5.74, 6) is 1.93. The fraction of sp³-hybridized carbons (Fsp3) is 0.353. The molecule has 1 aromatic carbocycles. The van der Waals surface area contributed by atoms with Crippen molar-refractivity contribution < 1.29 is 4.79 Å². The van der Waals surface area contributed by atoms with E-state index >= 15 is 0 Å². The van der Waals surface area contributed by atoms with E-state index in [2.05, 4.69) is 25.9 Å². The molecule has 0 radical (unpaired) electrons. The number of amides is 1. The number of anilines is 4. The van der Waals surface area contributed by atoms with Crippen LogP contribution in [0.1, 0.15) is 38.3 Å². The van der Waals surface area contributed by atoms with Gasteiger partial charge in [-0.15, -0.1) is 0 Å². The molecule has 6 nitrogen and oxygen atoms in total.